The third kappa shape index (κ3) is 7.98. The molecule has 0 aliphatic heterocycles. The minimum Gasteiger partial charge on any atom is -0.359 e. The van der Waals surface area contributed by atoms with Crippen LogP contribution in [-0.4, -0.2) is 33.3 Å². The fourth-order valence-electron chi connectivity index (χ4n) is 2.86. The molecule has 0 fully saturated rings. The Morgan fingerprint density at radius 1 is 1.22 bits per heavy atom. The summed E-state index contributed by atoms with van der Waals surface area (Å²) in [6.07, 6.45) is 3.40. The molecule has 172 valence electrons. The molecule has 2 heterocycles. The van der Waals surface area contributed by atoms with Crippen LogP contribution in [0.1, 0.15) is 43.7 Å². The van der Waals surface area contributed by atoms with Crippen LogP contribution in [0.5, 0.6) is 0 Å². The normalized spacial score (nSPS) is 11.2. The molecule has 9 nitrogen and oxygen atoms in total. The second-order valence-electron chi connectivity index (χ2n) is 7.37. The second-order valence-corrected chi connectivity index (χ2v) is 7.37. The largest absolute Gasteiger partial charge is 0.359 e. The van der Waals surface area contributed by atoms with Gasteiger partial charge in [-0.25, -0.2) is 4.99 Å². The van der Waals surface area contributed by atoms with E-state index in [-0.39, 0.29) is 36.4 Å². The number of hydrogen-bond acceptors (Lipinski definition) is 5. The highest BCUT2D eigenvalue weighted by molar-refractivity contribution is 14.0. The molecule has 3 N–H and O–H groups in total. The van der Waals surface area contributed by atoms with E-state index in [0.29, 0.717) is 25.0 Å². The zero-order chi connectivity index (χ0) is 22.1. The number of aromatic nitrogens is 3. The number of carbonyl (C=O) groups is 1. The van der Waals surface area contributed by atoms with Crippen molar-refractivity contribution in [2.24, 2.45) is 4.99 Å². The molecule has 0 radical (unpaired) electrons. The summed E-state index contributed by atoms with van der Waals surface area (Å²) in [6, 6.07) is 11.4. The zero-order valence-electron chi connectivity index (χ0n) is 18.5. The first-order chi connectivity index (χ1) is 15.0. The molecule has 3 rings (SSSR count). The van der Waals surface area contributed by atoms with E-state index >= 15 is 0 Å². The number of nitrogens with zero attached hydrogens (tertiary/aromatic N) is 4. The Morgan fingerprint density at radius 3 is 2.75 bits per heavy atom. The smallest absolute Gasteiger partial charge is 0.246 e. The van der Waals surface area contributed by atoms with Crippen molar-refractivity contribution in [2.75, 3.05) is 11.9 Å². The SMILES string of the molecule is CCNC(=NCc1cccc(NC(=O)Cn2cccn2)c1)NCc1cc(C(C)C)no1.I. The molecule has 0 unspecified atom stereocenters. The Labute approximate surface area is 205 Å². The molecule has 0 saturated carbocycles. The van der Waals surface area contributed by atoms with Gasteiger partial charge in [0.15, 0.2) is 11.7 Å². The lowest BCUT2D eigenvalue weighted by atomic mass is 10.1. The monoisotopic (exact) mass is 551 g/mol. The van der Waals surface area contributed by atoms with E-state index < -0.39 is 0 Å². The third-order valence-corrected chi connectivity index (χ3v) is 4.44. The van der Waals surface area contributed by atoms with Gasteiger partial charge in [0.25, 0.3) is 0 Å². The molecule has 1 amide bonds. The van der Waals surface area contributed by atoms with Crippen LogP contribution in [0.2, 0.25) is 0 Å². The molecular formula is C22H30IN7O2. The number of guanidine groups is 1. The molecule has 0 aliphatic rings. The van der Waals surface area contributed by atoms with E-state index in [0.717, 1.165) is 29.2 Å². The van der Waals surface area contributed by atoms with Crippen LogP contribution < -0.4 is 16.0 Å². The molecule has 0 saturated heterocycles. The summed E-state index contributed by atoms with van der Waals surface area (Å²) in [5.74, 6) is 1.63. The molecule has 0 spiro atoms. The number of amides is 1. The first-order valence-corrected chi connectivity index (χ1v) is 10.4. The topological polar surface area (TPSA) is 109 Å². The van der Waals surface area contributed by atoms with Gasteiger partial charge in [0.1, 0.15) is 6.54 Å². The Balaban J connectivity index is 0.00000363. The summed E-state index contributed by atoms with van der Waals surface area (Å²) in [5.41, 5.74) is 2.65. The van der Waals surface area contributed by atoms with Gasteiger partial charge in [-0.05, 0) is 36.6 Å². The van der Waals surface area contributed by atoms with Gasteiger partial charge in [-0.15, -0.1) is 24.0 Å². The van der Waals surface area contributed by atoms with Crippen molar-refractivity contribution in [1.29, 1.82) is 0 Å². The van der Waals surface area contributed by atoms with Crippen molar-refractivity contribution in [3.63, 3.8) is 0 Å². The van der Waals surface area contributed by atoms with Crippen molar-refractivity contribution in [3.8, 4) is 0 Å². The van der Waals surface area contributed by atoms with Crippen LogP contribution in [0.4, 0.5) is 5.69 Å². The Bertz CT molecular complexity index is 999. The number of nitrogens with one attached hydrogen (secondary N) is 3. The molecule has 2 aromatic heterocycles. The lowest BCUT2D eigenvalue weighted by molar-refractivity contribution is -0.116. The van der Waals surface area contributed by atoms with Gasteiger partial charge in [0, 0.05) is 30.7 Å². The fraction of sp³-hybridized carbons (Fsp3) is 0.364. The lowest BCUT2D eigenvalue weighted by Crippen LogP contribution is -2.36. The van der Waals surface area contributed by atoms with Crippen LogP contribution in [-0.2, 0) is 24.4 Å². The van der Waals surface area contributed by atoms with Crippen molar-refractivity contribution >= 4 is 41.5 Å². The summed E-state index contributed by atoms with van der Waals surface area (Å²) >= 11 is 0. The van der Waals surface area contributed by atoms with E-state index in [2.05, 4.69) is 45.0 Å². The van der Waals surface area contributed by atoms with E-state index in [1.165, 1.54) is 0 Å². The zero-order valence-corrected chi connectivity index (χ0v) is 20.9. The summed E-state index contributed by atoms with van der Waals surface area (Å²) in [5, 5.41) is 17.5. The fourth-order valence-corrected chi connectivity index (χ4v) is 2.86. The van der Waals surface area contributed by atoms with Gasteiger partial charge >= 0.3 is 0 Å². The maximum Gasteiger partial charge on any atom is 0.246 e. The molecule has 10 heteroatoms. The number of anilines is 1. The highest BCUT2D eigenvalue weighted by Gasteiger charge is 2.08. The lowest BCUT2D eigenvalue weighted by Gasteiger charge is -2.10. The number of rotatable bonds is 9. The average molecular weight is 551 g/mol. The third-order valence-electron chi connectivity index (χ3n) is 4.44. The first-order valence-electron chi connectivity index (χ1n) is 10.4. The molecular weight excluding hydrogens is 521 g/mol. The van der Waals surface area contributed by atoms with Gasteiger partial charge in [-0.3, -0.25) is 9.48 Å². The van der Waals surface area contributed by atoms with Crippen LogP contribution >= 0.6 is 24.0 Å². The first kappa shape index (κ1) is 25.4. The number of benzene rings is 1. The predicted octanol–water partition coefficient (Wildman–Crippen LogP) is 3.51. The molecule has 0 aliphatic carbocycles. The van der Waals surface area contributed by atoms with Gasteiger partial charge in [0.05, 0.1) is 18.8 Å². The number of carbonyl (C=O) groups excluding carboxylic acids is 1. The van der Waals surface area contributed by atoms with Gasteiger partial charge in [-0.2, -0.15) is 5.10 Å². The molecule has 3 aromatic rings. The maximum atomic E-state index is 12.2. The molecule has 32 heavy (non-hydrogen) atoms. The summed E-state index contributed by atoms with van der Waals surface area (Å²) < 4.78 is 6.95. The van der Waals surface area contributed by atoms with Crippen LogP contribution in [0, 0.1) is 0 Å². The van der Waals surface area contributed by atoms with E-state index in [9.17, 15) is 4.79 Å². The highest BCUT2D eigenvalue weighted by Crippen LogP contribution is 2.14. The molecule has 0 bridgehead atoms. The van der Waals surface area contributed by atoms with Crippen molar-refractivity contribution < 1.29 is 9.32 Å². The van der Waals surface area contributed by atoms with Crippen LogP contribution in [0.15, 0.2) is 58.3 Å². The minimum absolute atomic E-state index is 0. The number of halogens is 1. The Kier molecular flexibility index (Phi) is 10.2. The van der Waals surface area contributed by atoms with Gasteiger partial charge in [-0.1, -0.05) is 31.1 Å². The van der Waals surface area contributed by atoms with Gasteiger partial charge in [0.2, 0.25) is 5.91 Å². The maximum absolute atomic E-state index is 12.2. The number of hydrogen-bond donors (Lipinski definition) is 3. The summed E-state index contributed by atoms with van der Waals surface area (Å²) in [6.45, 7) is 8.04. The molecule has 0 atom stereocenters. The second kappa shape index (κ2) is 12.8. The van der Waals surface area contributed by atoms with Crippen molar-refractivity contribution in [2.45, 2.75) is 46.3 Å². The van der Waals surface area contributed by atoms with E-state index in [4.69, 9.17) is 4.52 Å². The van der Waals surface area contributed by atoms with Crippen LogP contribution in [0.3, 0.4) is 0 Å². The minimum atomic E-state index is -0.132. The Morgan fingerprint density at radius 2 is 2.06 bits per heavy atom. The average Bonchev–Trinajstić information content (AvgIpc) is 3.42. The van der Waals surface area contributed by atoms with Crippen molar-refractivity contribution in [3.05, 3.63) is 65.8 Å². The summed E-state index contributed by atoms with van der Waals surface area (Å²) in [4.78, 5) is 16.8. The predicted molar refractivity (Wildman–Crippen MR) is 135 cm³/mol. The highest BCUT2D eigenvalue weighted by atomic mass is 127. The summed E-state index contributed by atoms with van der Waals surface area (Å²) in [7, 11) is 0. The van der Waals surface area contributed by atoms with E-state index in [1.807, 2.05) is 37.3 Å². The van der Waals surface area contributed by atoms with Gasteiger partial charge < -0.3 is 20.5 Å². The van der Waals surface area contributed by atoms with Crippen LogP contribution in [0.25, 0.3) is 0 Å². The molecule has 1 aromatic carbocycles. The Hall–Kier alpha value is -2.89. The standard InChI is InChI=1S/C22H29N7O2.HI/c1-4-23-22(25-14-19-12-20(16(2)3)28-31-19)24-13-17-7-5-8-18(11-17)27-21(30)15-29-10-6-9-26-29;/h5-12,16H,4,13-15H2,1-3H3,(H,27,30)(H2,23,24,25);1H. The van der Waals surface area contributed by atoms with Crippen molar-refractivity contribution in [1.82, 2.24) is 25.6 Å². The quantitative estimate of drug-likeness (QED) is 0.214. The number of aliphatic imine (C=N–C) groups is 1. The van der Waals surface area contributed by atoms with E-state index in [1.54, 1.807) is 23.1 Å².